The molecule has 0 heterocycles. The van der Waals surface area contributed by atoms with Crippen LogP contribution in [-0.2, 0) is 4.79 Å². The lowest BCUT2D eigenvalue weighted by Crippen LogP contribution is -2.42. The average molecular weight is 270 g/mol. The third-order valence-corrected chi connectivity index (χ3v) is 3.11. The number of nitrogens with one attached hydrogen (secondary N) is 1. The van der Waals surface area contributed by atoms with Gasteiger partial charge in [0.15, 0.2) is 0 Å². The summed E-state index contributed by atoms with van der Waals surface area (Å²) in [6, 6.07) is 7.16. The lowest BCUT2D eigenvalue weighted by molar-refractivity contribution is -0.122. The monoisotopic (exact) mass is 269 g/mol. The summed E-state index contributed by atoms with van der Waals surface area (Å²) in [5.74, 6) is -0.158. The highest BCUT2D eigenvalue weighted by Gasteiger charge is 2.18. The summed E-state index contributed by atoms with van der Waals surface area (Å²) in [6.45, 7) is 2.15. The van der Waals surface area contributed by atoms with Gasteiger partial charge >= 0.3 is 0 Å². The molecule has 1 rings (SSSR count). The molecule has 0 aromatic heterocycles. The molecule has 0 aliphatic carbocycles. The van der Waals surface area contributed by atoms with E-state index in [2.05, 4.69) is 5.32 Å². The fourth-order valence-corrected chi connectivity index (χ4v) is 1.94. The van der Waals surface area contributed by atoms with Crippen molar-refractivity contribution in [3.63, 3.8) is 0 Å². The number of benzene rings is 1. The maximum absolute atomic E-state index is 11.5. The van der Waals surface area contributed by atoms with E-state index in [9.17, 15) is 4.79 Å². The standard InChI is InChI=1S/C13H20ClN3O/c1-9(15)13(18)16-8-12(17(2)3)10-6-4-5-7-11(10)14/h4-7,9,12H,8,15H2,1-3H3,(H,16,18)/t9-,12?/m1/s1. The number of carbonyl (C=O) groups excluding carboxylic acids is 1. The van der Waals surface area contributed by atoms with Crippen LogP contribution in [0.1, 0.15) is 18.5 Å². The SMILES string of the molecule is C[C@@H](N)C(=O)NCC(c1ccccc1Cl)N(C)C. The van der Waals surface area contributed by atoms with Gasteiger partial charge in [-0.05, 0) is 32.6 Å². The van der Waals surface area contributed by atoms with Crippen LogP contribution in [0.15, 0.2) is 24.3 Å². The van der Waals surface area contributed by atoms with Crippen molar-refractivity contribution >= 4 is 17.5 Å². The van der Waals surface area contributed by atoms with Crippen LogP contribution in [0.5, 0.6) is 0 Å². The molecule has 0 radical (unpaired) electrons. The Balaban J connectivity index is 2.79. The van der Waals surface area contributed by atoms with E-state index in [1.165, 1.54) is 0 Å². The first-order valence-electron chi connectivity index (χ1n) is 5.87. The maximum atomic E-state index is 11.5. The van der Waals surface area contributed by atoms with E-state index in [0.717, 1.165) is 5.56 Å². The topological polar surface area (TPSA) is 58.4 Å². The number of amides is 1. The summed E-state index contributed by atoms with van der Waals surface area (Å²) in [6.07, 6.45) is 0. The molecule has 5 heteroatoms. The first-order chi connectivity index (χ1) is 8.43. The molecular weight excluding hydrogens is 250 g/mol. The van der Waals surface area contributed by atoms with E-state index in [0.29, 0.717) is 11.6 Å². The summed E-state index contributed by atoms with van der Waals surface area (Å²) >= 11 is 6.18. The second-order valence-electron chi connectivity index (χ2n) is 4.53. The predicted molar refractivity (Wildman–Crippen MR) is 74.5 cm³/mol. The molecule has 1 unspecified atom stereocenters. The Kier molecular flexibility index (Phi) is 5.59. The van der Waals surface area contributed by atoms with E-state index in [1.54, 1.807) is 6.92 Å². The number of nitrogens with zero attached hydrogens (tertiary/aromatic N) is 1. The number of halogens is 1. The number of likely N-dealkylation sites (N-methyl/N-ethyl adjacent to an activating group) is 1. The summed E-state index contributed by atoms with van der Waals surface area (Å²) in [5.41, 5.74) is 6.51. The molecule has 0 aliphatic heterocycles. The first kappa shape index (κ1) is 15.0. The highest BCUT2D eigenvalue weighted by atomic mass is 35.5. The van der Waals surface area contributed by atoms with Crippen LogP contribution in [0.25, 0.3) is 0 Å². The van der Waals surface area contributed by atoms with Crippen molar-refractivity contribution in [2.24, 2.45) is 5.73 Å². The van der Waals surface area contributed by atoms with Crippen molar-refractivity contribution < 1.29 is 4.79 Å². The third kappa shape index (κ3) is 3.98. The largest absolute Gasteiger partial charge is 0.353 e. The van der Waals surface area contributed by atoms with Gasteiger partial charge in [0, 0.05) is 11.6 Å². The second kappa shape index (κ2) is 6.73. The molecule has 18 heavy (non-hydrogen) atoms. The van der Waals surface area contributed by atoms with Crippen molar-refractivity contribution in [3.05, 3.63) is 34.9 Å². The lowest BCUT2D eigenvalue weighted by Gasteiger charge is -2.26. The highest BCUT2D eigenvalue weighted by molar-refractivity contribution is 6.31. The molecule has 2 atom stereocenters. The molecule has 1 aromatic rings. The van der Waals surface area contributed by atoms with Crippen LogP contribution in [0, 0.1) is 0 Å². The average Bonchev–Trinajstić information content (AvgIpc) is 2.30. The number of rotatable bonds is 5. The highest BCUT2D eigenvalue weighted by Crippen LogP contribution is 2.25. The van der Waals surface area contributed by atoms with E-state index in [-0.39, 0.29) is 11.9 Å². The Hall–Kier alpha value is -1.10. The number of hydrogen-bond donors (Lipinski definition) is 2. The van der Waals surface area contributed by atoms with E-state index >= 15 is 0 Å². The molecule has 0 saturated heterocycles. The lowest BCUT2D eigenvalue weighted by atomic mass is 10.1. The minimum Gasteiger partial charge on any atom is -0.353 e. The van der Waals surface area contributed by atoms with Gasteiger partial charge in [0.05, 0.1) is 12.1 Å². The Labute approximate surface area is 113 Å². The molecule has 1 amide bonds. The number of nitrogens with two attached hydrogens (primary N) is 1. The van der Waals surface area contributed by atoms with Gasteiger partial charge in [0.2, 0.25) is 5.91 Å². The van der Waals surface area contributed by atoms with E-state index in [4.69, 9.17) is 17.3 Å². The smallest absolute Gasteiger partial charge is 0.236 e. The van der Waals surface area contributed by atoms with Gasteiger partial charge in [-0.25, -0.2) is 0 Å². The van der Waals surface area contributed by atoms with Gasteiger partial charge in [0.1, 0.15) is 0 Å². The summed E-state index contributed by atoms with van der Waals surface area (Å²) in [4.78, 5) is 13.5. The van der Waals surface area contributed by atoms with E-state index in [1.807, 2.05) is 43.3 Å². The van der Waals surface area contributed by atoms with Crippen molar-refractivity contribution in [2.75, 3.05) is 20.6 Å². The fourth-order valence-electron chi connectivity index (χ4n) is 1.67. The minimum atomic E-state index is -0.501. The summed E-state index contributed by atoms with van der Waals surface area (Å²) in [5, 5.41) is 3.53. The first-order valence-corrected chi connectivity index (χ1v) is 6.25. The van der Waals surface area contributed by atoms with Gasteiger partial charge in [-0.15, -0.1) is 0 Å². The summed E-state index contributed by atoms with van der Waals surface area (Å²) < 4.78 is 0. The van der Waals surface area contributed by atoms with Crippen LogP contribution in [-0.4, -0.2) is 37.5 Å². The zero-order valence-corrected chi connectivity index (χ0v) is 11.7. The van der Waals surface area contributed by atoms with Crippen LogP contribution in [0.3, 0.4) is 0 Å². The van der Waals surface area contributed by atoms with Crippen molar-refractivity contribution in [1.29, 1.82) is 0 Å². The molecular formula is C13H20ClN3O. The van der Waals surface area contributed by atoms with Gasteiger partial charge in [-0.3, -0.25) is 4.79 Å². The van der Waals surface area contributed by atoms with Gasteiger partial charge in [-0.2, -0.15) is 0 Å². The second-order valence-corrected chi connectivity index (χ2v) is 4.94. The van der Waals surface area contributed by atoms with Crippen LogP contribution >= 0.6 is 11.6 Å². The predicted octanol–water partition coefficient (Wildman–Crippen LogP) is 1.41. The minimum absolute atomic E-state index is 0.0291. The molecule has 0 saturated carbocycles. The fraction of sp³-hybridized carbons (Fsp3) is 0.462. The molecule has 1 aromatic carbocycles. The van der Waals surface area contributed by atoms with Gasteiger partial charge < -0.3 is 16.0 Å². The van der Waals surface area contributed by atoms with Gasteiger partial charge in [-0.1, -0.05) is 29.8 Å². The maximum Gasteiger partial charge on any atom is 0.236 e. The Morgan fingerprint density at radius 2 is 2.06 bits per heavy atom. The number of carbonyl (C=O) groups is 1. The molecule has 0 spiro atoms. The van der Waals surface area contributed by atoms with Crippen LogP contribution in [0.2, 0.25) is 5.02 Å². The van der Waals surface area contributed by atoms with Crippen LogP contribution in [0.4, 0.5) is 0 Å². The Morgan fingerprint density at radius 1 is 1.44 bits per heavy atom. The quantitative estimate of drug-likeness (QED) is 0.850. The van der Waals surface area contributed by atoms with Crippen molar-refractivity contribution in [1.82, 2.24) is 10.2 Å². The zero-order chi connectivity index (χ0) is 13.7. The molecule has 0 bridgehead atoms. The Bertz CT molecular complexity index is 407. The van der Waals surface area contributed by atoms with Crippen molar-refractivity contribution in [3.8, 4) is 0 Å². The summed E-state index contributed by atoms with van der Waals surface area (Å²) in [7, 11) is 3.90. The third-order valence-electron chi connectivity index (χ3n) is 2.77. The van der Waals surface area contributed by atoms with Gasteiger partial charge in [0.25, 0.3) is 0 Å². The normalized spacial score (nSPS) is 14.3. The van der Waals surface area contributed by atoms with Crippen molar-refractivity contribution in [2.45, 2.75) is 19.0 Å². The van der Waals surface area contributed by atoms with Crippen LogP contribution < -0.4 is 11.1 Å². The molecule has 4 nitrogen and oxygen atoms in total. The molecule has 100 valence electrons. The zero-order valence-electron chi connectivity index (χ0n) is 11.0. The Morgan fingerprint density at radius 3 is 2.56 bits per heavy atom. The molecule has 0 fully saturated rings. The molecule has 3 N–H and O–H groups in total. The van der Waals surface area contributed by atoms with E-state index < -0.39 is 6.04 Å². The molecule has 0 aliphatic rings. The number of hydrogen-bond acceptors (Lipinski definition) is 3.